The molecule has 32 heavy (non-hydrogen) atoms. The zero-order valence-corrected chi connectivity index (χ0v) is 18.2. The van der Waals surface area contributed by atoms with Crippen LogP contribution in [-0.4, -0.2) is 45.8 Å². The van der Waals surface area contributed by atoms with Crippen molar-refractivity contribution < 1.29 is 19.4 Å². The molecule has 1 aliphatic heterocycles. The second-order valence-electron chi connectivity index (χ2n) is 8.04. The van der Waals surface area contributed by atoms with E-state index in [1.165, 1.54) is 16.7 Å². The number of nitrogens with zero attached hydrogens (tertiary/aromatic N) is 1. The van der Waals surface area contributed by atoms with Gasteiger partial charge in [0.15, 0.2) is 0 Å². The molecule has 1 aliphatic carbocycles. The third kappa shape index (κ3) is 3.75. The van der Waals surface area contributed by atoms with Gasteiger partial charge in [-0.1, -0.05) is 78.9 Å². The number of fused-ring (bicyclic) bond motifs is 3. The number of benzene rings is 3. The van der Waals surface area contributed by atoms with Gasteiger partial charge < -0.3 is 9.84 Å². The van der Waals surface area contributed by atoms with Crippen molar-refractivity contribution in [2.75, 3.05) is 12.4 Å². The summed E-state index contributed by atoms with van der Waals surface area (Å²) in [6, 6.07) is 25.2. The molecule has 162 valence electrons. The number of carboxylic acid groups (broad SMARTS) is 1. The number of hydrogen-bond donors (Lipinski definition) is 1. The van der Waals surface area contributed by atoms with Crippen molar-refractivity contribution in [3.05, 3.63) is 95.6 Å². The molecule has 1 saturated heterocycles. The Bertz CT molecular complexity index is 1100. The first kappa shape index (κ1) is 20.6. The van der Waals surface area contributed by atoms with E-state index in [4.69, 9.17) is 4.74 Å². The Morgan fingerprint density at radius 1 is 0.906 bits per heavy atom. The summed E-state index contributed by atoms with van der Waals surface area (Å²) in [7, 11) is 0. The van der Waals surface area contributed by atoms with E-state index >= 15 is 0 Å². The van der Waals surface area contributed by atoms with Crippen molar-refractivity contribution >= 4 is 23.8 Å². The van der Waals surface area contributed by atoms with E-state index in [0.717, 1.165) is 27.8 Å². The molecule has 3 aromatic carbocycles. The molecule has 5 rings (SSSR count). The first-order valence-electron chi connectivity index (χ1n) is 10.6. The molecular weight excluding hydrogens is 422 g/mol. The third-order valence-corrected chi connectivity index (χ3v) is 7.46. The number of carboxylic acids is 1. The van der Waals surface area contributed by atoms with Crippen LogP contribution in [0.1, 0.15) is 22.6 Å². The minimum atomic E-state index is -0.999. The van der Waals surface area contributed by atoms with Crippen LogP contribution >= 0.6 is 11.8 Å². The standard InChI is InChI=1S/C26H23NO4S/c28-25(29)23-16-32-24(14-17-8-2-1-3-9-17)27(23)26(30)31-15-22-20-12-6-4-10-18(20)19-11-5-7-13-21(19)22/h1-13,22-24H,14-16H2,(H,28,29). The maximum Gasteiger partial charge on any atom is 0.411 e. The number of aliphatic carboxylic acids is 1. The SMILES string of the molecule is O=C(O)C1CSC(Cc2ccccc2)N1C(=O)OCC1c2ccccc2-c2ccccc21. The molecular formula is C26H23NO4S. The zero-order valence-electron chi connectivity index (χ0n) is 17.4. The predicted octanol–water partition coefficient (Wildman–Crippen LogP) is 5.01. The van der Waals surface area contributed by atoms with E-state index in [2.05, 4.69) is 24.3 Å². The molecule has 1 N–H and O–H groups in total. The van der Waals surface area contributed by atoms with Gasteiger partial charge in [0.2, 0.25) is 0 Å². The zero-order chi connectivity index (χ0) is 22.1. The molecule has 6 heteroatoms. The van der Waals surface area contributed by atoms with E-state index < -0.39 is 18.1 Å². The summed E-state index contributed by atoms with van der Waals surface area (Å²) in [5.41, 5.74) is 5.64. The predicted molar refractivity (Wildman–Crippen MR) is 125 cm³/mol. The van der Waals surface area contributed by atoms with Crippen LogP contribution in [0.4, 0.5) is 4.79 Å². The van der Waals surface area contributed by atoms with Crippen molar-refractivity contribution in [2.45, 2.75) is 23.8 Å². The van der Waals surface area contributed by atoms with E-state index in [1.54, 1.807) is 0 Å². The molecule has 0 aromatic heterocycles. The van der Waals surface area contributed by atoms with E-state index in [0.29, 0.717) is 12.2 Å². The lowest BCUT2D eigenvalue weighted by atomic mass is 9.98. The van der Waals surface area contributed by atoms with Crippen LogP contribution in [0, 0.1) is 0 Å². The van der Waals surface area contributed by atoms with E-state index in [-0.39, 0.29) is 17.9 Å². The van der Waals surface area contributed by atoms with Gasteiger partial charge in [0.25, 0.3) is 0 Å². The molecule has 0 bridgehead atoms. The van der Waals surface area contributed by atoms with Crippen LogP contribution in [0.25, 0.3) is 11.1 Å². The number of rotatable bonds is 5. The molecule has 1 amide bonds. The first-order chi connectivity index (χ1) is 15.6. The quantitative estimate of drug-likeness (QED) is 0.598. The second kappa shape index (κ2) is 8.71. The molecule has 0 saturated carbocycles. The Morgan fingerprint density at radius 2 is 1.50 bits per heavy atom. The van der Waals surface area contributed by atoms with Crippen molar-refractivity contribution in [3.8, 4) is 11.1 Å². The lowest BCUT2D eigenvalue weighted by Crippen LogP contribution is -2.46. The lowest BCUT2D eigenvalue weighted by Gasteiger charge is -2.27. The number of ether oxygens (including phenoxy) is 1. The van der Waals surface area contributed by atoms with Crippen molar-refractivity contribution in [3.63, 3.8) is 0 Å². The van der Waals surface area contributed by atoms with Gasteiger partial charge in [-0.2, -0.15) is 0 Å². The molecule has 3 aromatic rings. The van der Waals surface area contributed by atoms with Gasteiger partial charge in [-0.05, 0) is 27.8 Å². The lowest BCUT2D eigenvalue weighted by molar-refractivity contribution is -0.141. The average Bonchev–Trinajstić information content (AvgIpc) is 3.38. The van der Waals surface area contributed by atoms with Crippen LogP contribution in [0.5, 0.6) is 0 Å². The van der Waals surface area contributed by atoms with Crippen LogP contribution < -0.4 is 0 Å². The van der Waals surface area contributed by atoms with E-state index in [1.807, 2.05) is 54.6 Å². The van der Waals surface area contributed by atoms with Crippen molar-refractivity contribution in [2.24, 2.45) is 0 Å². The van der Waals surface area contributed by atoms with Crippen LogP contribution in [0.2, 0.25) is 0 Å². The van der Waals surface area contributed by atoms with Gasteiger partial charge in [0, 0.05) is 18.1 Å². The highest BCUT2D eigenvalue weighted by Crippen LogP contribution is 2.44. The van der Waals surface area contributed by atoms with Crippen LogP contribution in [0.15, 0.2) is 78.9 Å². The van der Waals surface area contributed by atoms with Crippen molar-refractivity contribution in [1.29, 1.82) is 0 Å². The average molecular weight is 446 g/mol. The maximum atomic E-state index is 13.2. The Kier molecular flexibility index (Phi) is 5.62. The highest BCUT2D eigenvalue weighted by molar-refractivity contribution is 8.00. The Hall–Kier alpha value is -3.25. The molecule has 5 nitrogen and oxygen atoms in total. The minimum Gasteiger partial charge on any atom is -0.480 e. The number of carbonyl (C=O) groups excluding carboxylic acids is 1. The summed E-state index contributed by atoms with van der Waals surface area (Å²) in [5.74, 6) is -0.698. The molecule has 1 heterocycles. The molecule has 0 spiro atoms. The highest BCUT2D eigenvalue weighted by Gasteiger charge is 2.43. The third-order valence-electron chi connectivity index (χ3n) is 6.18. The summed E-state index contributed by atoms with van der Waals surface area (Å²) >= 11 is 1.49. The fourth-order valence-electron chi connectivity index (χ4n) is 4.64. The highest BCUT2D eigenvalue weighted by atomic mass is 32.2. The number of carbonyl (C=O) groups is 2. The van der Waals surface area contributed by atoms with Gasteiger partial charge in [-0.25, -0.2) is 9.59 Å². The normalized spacial score (nSPS) is 19.4. The largest absolute Gasteiger partial charge is 0.480 e. The summed E-state index contributed by atoms with van der Waals surface area (Å²) in [4.78, 5) is 26.4. The van der Waals surface area contributed by atoms with Gasteiger partial charge in [-0.3, -0.25) is 4.90 Å². The Balaban J connectivity index is 1.35. The molecule has 2 aliphatic rings. The summed E-state index contributed by atoms with van der Waals surface area (Å²) in [5, 5.41) is 9.42. The number of amides is 1. The summed E-state index contributed by atoms with van der Waals surface area (Å²) < 4.78 is 5.78. The summed E-state index contributed by atoms with van der Waals surface area (Å²) in [6.45, 7) is 0.179. The van der Waals surface area contributed by atoms with Gasteiger partial charge in [-0.15, -0.1) is 11.8 Å². The number of hydrogen-bond acceptors (Lipinski definition) is 4. The minimum absolute atomic E-state index is 0.0579. The van der Waals surface area contributed by atoms with Crippen molar-refractivity contribution in [1.82, 2.24) is 4.90 Å². The van der Waals surface area contributed by atoms with Gasteiger partial charge >= 0.3 is 12.1 Å². The number of thioether (sulfide) groups is 1. The van der Waals surface area contributed by atoms with E-state index in [9.17, 15) is 14.7 Å². The molecule has 0 radical (unpaired) electrons. The second-order valence-corrected chi connectivity index (χ2v) is 9.25. The summed E-state index contributed by atoms with van der Waals surface area (Å²) in [6.07, 6.45) is 0.0182. The molecule has 2 atom stereocenters. The maximum absolute atomic E-state index is 13.2. The van der Waals surface area contributed by atoms with Gasteiger partial charge in [0.1, 0.15) is 12.6 Å². The van der Waals surface area contributed by atoms with Gasteiger partial charge in [0.05, 0.1) is 5.37 Å². The first-order valence-corrected chi connectivity index (χ1v) is 11.7. The Labute approximate surface area is 191 Å². The smallest absolute Gasteiger partial charge is 0.411 e. The van der Waals surface area contributed by atoms with Crippen LogP contribution in [0.3, 0.4) is 0 Å². The Morgan fingerprint density at radius 3 is 2.12 bits per heavy atom. The molecule has 1 fully saturated rings. The molecule has 2 unspecified atom stereocenters. The monoisotopic (exact) mass is 445 g/mol. The van der Waals surface area contributed by atoms with Crippen LogP contribution in [-0.2, 0) is 16.0 Å². The topological polar surface area (TPSA) is 66.8 Å². The fraction of sp³-hybridized carbons (Fsp3) is 0.231. The fourth-order valence-corrected chi connectivity index (χ4v) is 6.05.